The van der Waals surface area contributed by atoms with Crippen LogP contribution in [-0.2, 0) is 4.57 Å². The lowest BCUT2D eigenvalue weighted by molar-refractivity contribution is 0.584. The van der Waals surface area contributed by atoms with Crippen LogP contribution in [0.25, 0.3) is 10.9 Å². The van der Waals surface area contributed by atoms with Gasteiger partial charge in [0.1, 0.15) is 7.14 Å². The Morgan fingerprint density at radius 2 is 1.84 bits per heavy atom. The van der Waals surface area contributed by atoms with Gasteiger partial charge in [0.25, 0.3) is 0 Å². The lowest BCUT2D eigenvalue weighted by Gasteiger charge is -2.20. The van der Waals surface area contributed by atoms with Crippen LogP contribution < -0.4 is 5.30 Å². The van der Waals surface area contributed by atoms with Gasteiger partial charge < -0.3 is 4.57 Å². The summed E-state index contributed by atoms with van der Waals surface area (Å²) in [7, 11) is -2.20. The number of pyridine rings is 1. The van der Waals surface area contributed by atoms with Gasteiger partial charge in [-0.05, 0) is 30.4 Å². The maximum Gasteiger partial charge on any atom is 0.116 e. The predicted octanol–water partition coefficient (Wildman–Crippen LogP) is 4.14. The normalized spacial score (nSPS) is 18.3. The average molecular weight is 273 g/mol. The maximum absolute atomic E-state index is 13.3. The number of aromatic nitrogens is 1. The fourth-order valence-electron chi connectivity index (χ4n) is 3.09. The van der Waals surface area contributed by atoms with Crippen molar-refractivity contribution in [1.29, 1.82) is 0 Å². The summed E-state index contributed by atoms with van der Waals surface area (Å²) in [6.45, 7) is 4.33. The summed E-state index contributed by atoms with van der Waals surface area (Å²) < 4.78 is 13.3. The summed E-state index contributed by atoms with van der Waals surface area (Å²) in [4.78, 5) is 4.54. The molecule has 1 aromatic heterocycles. The molecule has 0 atom stereocenters. The van der Waals surface area contributed by atoms with Crippen LogP contribution in [0.1, 0.15) is 38.2 Å². The average Bonchev–Trinajstić information content (AvgIpc) is 2.85. The summed E-state index contributed by atoms with van der Waals surface area (Å²) in [6.07, 6.45) is 5.90. The Balaban J connectivity index is 2.35. The zero-order valence-corrected chi connectivity index (χ0v) is 12.5. The fourth-order valence-corrected chi connectivity index (χ4v) is 6.64. The number of hydrogen-bond donors (Lipinski definition) is 0. The molecule has 2 aromatic rings. The standard InChI is InChI=1S/C16H20NOP/c1-12(2)14-11-17-15-8-4-3-7-13(15)16(14)19(18)9-5-6-10-19/h3-4,7-8,11-12H,5-6,9-10H2,1-2H3. The van der Waals surface area contributed by atoms with Crippen LogP contribution >= 0.6 is 7.14 Å². The topological polar surface area (TPSA) is 30.0 Å². The van der Waals surface area contributed by atoms with Crippen LogP contribution in [0.3, 0.4) is 0 Å². The zero-order chi connectivity index (χ0) is 13.5. The third-order valence-electron chi connectivity index (χ3n) is 4.09. The Labute approximate surface area is 114 Å². The second-order valence-corrected chi connectivity index (χ2v) is 8.90. The second-order valence-electron chi connectivity index (χ2n) is 5.78. The van der Waals surface area contributed by atoms with Crippen molar-refractivity contribution in [2.24, 2.45) is 0 Å². The number of fused-ring (bicyclic) bond motifs is 1. The molecule has 1 fully saturated rings. The van der Waals surface area contributed by atoms with Gasteiger partial charge in [-0.1, -0.05) is 32.0 Å². The molecule has 0 saturated carbocycles. The molecule has 100 valence electrons. The Morgan fingerprint density at radius 3 is 2.53 bits per heavy atom. The van der Waals surface area contributed by atoms with Gasteiger partial charge in [-0.25, -0.2) is 0 Å². The van der Waals surface area contributed by atoms with Gasteiger partial charge in [0, 0.05) is 29.2 Å². The monoisotopic (exact) mass is 273 g/mol. The van der Waals surface area contributed by atoms with E-state index in [1.807, 2.05) is 24.4 Å². The molecule has 0 bridgehead atoms. The highest BCUT2D eigenvalue weighted by molar-refractivity contribution is 7.72. The van der Waals surface area contributed by atoms with Crippen molar-refractivity contribution in [1.82, 2.24) is 4.98 Å². The molecule has 0 spiro atoms. The third kappa shape index (κ3) is 2.12. The van der Waals surface area contributed by atoms with Crippen LogP contribution in [0.5, 0.6) is 0 Å². The van der Waals surface area contributed by atoms with E-state index in [9.17, 15) is 4.57 Å². The van der Waals surface area contributed by atoms with Crippen molar-refractivity contribution in [2.75, 3.05) is 12.3 Å². The summed E-state index contributed by atoms with van der Waals surface area (Å²) in [6, 6.07) is 8.13. The molecule has 0 aliphatic carbocycles. The first kappa shape index (κ1) is 12.9. The van der Waals surface area contributed by atoms with Crippen LogP contribution in [0.2, 0.25) is 0 Å². The van der Waals surface area contributed by atoms with Crippen LogP contribution in [0.15, 0.2) is 30.5 Å². The first-order valence-corrected chi connectivity index (χ1v) is 9.16. The van der Waals surface area contributed by atoms with Gasteiger partial charge in [-0.3, -0.25) is 4.98 Å². The van der Waals surface area contributed by atoms with E-state index >= 15 is 0 Å². The van der Waals surface area contributed by atoms with E-state index in [2.05, 4.69) is 24.9 Å². The van der Waals surface area contributed by atoms with Gasteiger partial charge >= 0.3 is 0 Å². The molecule has 1 saturated heterocycles. The van der Waals surface area contributed by atoms with Crippen molar-refractivity contribution in [2.45, 2.75) is 32.6 Å². The highest BCUT2D eigenvalue weighted by Crippen LogP contribution is 2.53. The molecule has 2 heterocycles. The van der Waals surface area contributed by atoms with E-state index in [1.165, 1.54) is 5.56 Å². The van der Waals surface area contributed by atoms with Crippen LogP contribution in [-0.4, -0.2) is 17.3 Å². The first-order chi connectivity index (χ1) is 9.12. The highest BCUT2D eigenvalue weighted by Gasteiger charge is 2.33. The molecule has 0 N–H and O–H groups in total. The second kappa shape index (κ2) is 4.76. The van der Waals surface area contributed by atoms with E-state index in [0.717, 1.165) is 41.4 Å². The number of hydrogen-bond acceptors (Lipinski definition) is 2. The summed E-state index contributed by atoms with van der Waals surface area (Å²) in [5.41, 5.74) is 2.16. The third-order valence-corrected chi connectivity index (χ3v) is 7.48. The van der Waals surface area contributed by atoms with E-state index in [1.54, 1.807) is 0 Å². The SMILES string of the molecule is CC(C)c1cnc2ccccc2c1P1(=O)CCCC1. The van der Waals surface area contributed by atoms with Crippen LogP contribution in [0, 0.1) is 0 Å². The minimum Gasteiger partial charge on any atom is -0.319 e. The smallest absolute Gasteiger partial charge is 0.116 e. The van der Waals surface area contributed by atoms with Crippen LogP contribution in [0.4, 0.5) is 0 Å². The van der Waals surface area contributed by atoms with Crippen molar-refractivity contribution in [3.63, 3.8) is 0 Å². The van der Waals surface area contributed by atoms with E-state index in [0.29, 0.717) is 5.92 Å². The van der Waals surface area contributed by atoms with Gasteiger partial charge in [-0.2, -0.15) is 0 Å². The lowest BCUT2D eigenvalue weighted by atomic mass is 10.0. The maximum atomic E-state index is 13.3. The van der Waals surface area contributed by atoms with Gasteiger partial charge in [0.2, 0.25) is 0 Å². The minimum absolute atomic E-state index is 0.374. The Hall–Kier alpha value is -1.14. The zero-order valence-electron chi connectivity index (χ0n) is 11.6. The molecule has 0 amide bonds. The van der Waals surface area contributed by atoms with E-state index in [-0.39, 0.29) is 0 Å². The van der Waals surface area contributed by atoms with Crippen molar-refractivity contribution in [3.8, 4) is 0 Å². The van der Waals surface area contributed by atoms with Gasteiger partial charge in [-0.15, -0.1) is 0 Å². The predicted molar refractivity (Wildman–Crippen MR) is 82.0 cm³/mol. The van der Waals surface area contributed by atoms with Gasteiger partial charge in [0.15, 0.2) is 0 Å². The largest absolute Gasteiger partial charge is 0.319 e. The molecule has 1 aliphatic rings. The fraction of sp³-hybridized carbons (Fsp3) is 0.438. The molecule has 3 rings (SSSR count). The number of nitrogens with zero attached hydrogens (tertiary/aromatic N) is 1. The summed E-state index contributed by atoms with van der Waals surface area (Å²) in [5, 5.41) is 2.24. The first-order valence-electron chi connectivity index (χ1n) is 7.08. The molecule has 0 radical (unpaired) electrons. The molecule has 1 aliphatic heterocycles. The molecule has 3 heteroatoms. The molecule has 2 nitrogen and oxygen atoms in total. The summed E-state index contributed by atoms with van der Waals surface area (Å²) >= 11 is 0. The van der Waals surface area contributed by atoms with Crippen molar-refractivity contribution in [3.05, 3.63) is 36.0 Å². The minimum atomic E-state index is -2.20. The van der Waals surface area contributed by atoms with Gasteiger partial charge in [0.05, 0.1) is 5.52 Å². The summed E-state index contributed by atoms with van der Waals surface area (Å²) in [5.74, 6) is 0.374. The lowest BCUT2D eigenvalue weighted by Crippen LogP contribution is -2.16. The number of para-hydroxylation sites is 1. The molecule has 19 heavy (non-hydrogen) atoms. The molecule has 1 aromatic carbocycles. The molecule has 0 unspecified atom stereocenters. The Kier molecular flexibility index (Phi) is 3.22. The number of benzene rings is 1. The van der Waals surface area contributed by atoms with Crippen molar-refractivity contribution >= 4 is 23.3 Å². The van der Waals surface area contributed by atoms with Crippen molar-refractivity contribution < 1.29 is 4.57 Å². The van der Waals surface area contributed by atoms with E-state index < -0.39 is 7.14 Å². The number of rotatable bonds is 2. The quantitative estimate of drug-likeness (QED) is 0.770. The Morgan fingerprint density at radius 1 is 1.16 bits per heavy atom. The Bertz CT molecular complexity index is 653. The molecular weight excluding hydrogens is 253 g/mol. The molecular formula is C16H20NOP. The highest BCUT2D eigenvalue weighted by atomic mass is 31.2. The van der Waals surface area contributed by atoms with E-state index in [4.69, 9.17) is 0 Å².